The normalized spacial score (nSPS) is 12.5. The van der Waals surface area contributed by atoms with Gasteiger partial charge in [0.15, 0.2) is 6.61 Å². The molecule has 19 nitrogen and oxygen atoms in total. The molecule has 0 bridgehead atoms. The number of fused-ring (bicyclic) bond motifs is 2. The SMILES string of the molecule is CC/N=c1\ccc2c(-c3ccccc3C(=O)OCC(=O)NNC(=S)N/N=C/c3cccc(OCCCN(C)CCC(O)(P(=O)(O)O)P(=O)(O)O)c3)c3ccc(N(CC)CC)cc3oc-2c1. The van der Waals surface area contributed by atoms with Crippen LogP contribution in [-0.4, -0.2) is 111 Å². The van der Waals surface area contributed by atoms with E-state index < -0.39 is 45.2 Å². The van der Waals surface area contributed by atoms with Gasteiger partial charge in [-0.05, 0) is 100 Å². The summed E-state index contributed by atoms with van der Waals surface area (Å²) in [5, 5.41) is 12.2. The molecule has 1 aliphatic heterocycles. The number of hydrogen-bond donors (Lipinski definition) is 8. The van der Waals surface area contributed by atoms with E-state index in [4.69, 9.17) is 26.1 Å². The molecule has 1 heterocycles. The molecule has 5 rings (SSSR count). The maximum absolute atomic E-state index is 13.6. The van der Waals surface area contributed by atoms with E-state index in [9.17, 15) is 43.4 Å². The zero-order valence-electron chi connectivity index (χ0n) is 36.2. The quantitative estimate of drug-likeness (QED) is 0.00995. The summed E-state index contributed by atoms with van der Waals surface area (Å²) in [6, 6.07) is 25.7. The summed E-state index contributed by atoms with van der Waals surface area (Å²) in [4.78, 5) is 72.0. The summed E-state index contributed by atoms with van der Waals surface area (Å²) in [5.74, 6) is -0.296. The van der Waals surface area contributed by atoms with E-state index in [0.717, 1.165) is 40.6 Å². The van der Waals surface area contributed by atoms with Crippen LogP contribution in [0.1, 0.15) is 49.5 Å². The molecule has 22 heteroatoms. The van der Waals surface area contributed by atoms with Gasteiger partial charge >= 0.3 is 21.2 Å². The monoisotopic (exact) mass is 953 g/mol. The number of hydrazine groups is 1. The summed E-state index contributed by atoms with van der Waals surface area (Å²) in [5.41, 5.74) is 12.1. The Hall–Kier alpha value is -5.53. The number of aliphatic hydroxyl groups is 1. The van der Waals surface area contributed by atoms with Gasteiger partial charge in [0, 0.05) is 73.5 Å². The first-order valence-electron chi connectivity index (χ1n) is 20.5. The lowest BCUT2D eigenvalue weighted by Gasteiger charge is -2.30. The van der Waals surface area contributed by atoms with Crippen molar-refractivity contribution < 1.29 is 57.3 Å². The number of benzene rings is 4. The van der Waals surface area contributed by atoms with E-state index in [0.29, 0.717) is 47.7 Å². The average molecular weight is 954 g/mol. The molecule has 65 heavy (non-hydrogen) atoms. The van der Waals surface area contributed by atoms with Crippen molar-refractivity contribution in [2.45, 2.75) is 38.7 Å². The lowest BCUT2D eigenvalue weighted by atomic mass is 9.90. The molecular formula is C43H53N7O12P2S. The predicted octanol–water partition coefficient (Wildman–Crippen LogP) is 4.75. The van der Waals surface area contributed by atoms with Crippen LogP contribution in [0.4, 0.5) is 5.69 Å². The Morgan fingerprint density at radius 1 is 0.892 bits per heavy atom. The van der Waals surface area contributed by atoms with Crippen molar-refractivity contribution in [3.63, 3.8) is 0 Å². The van der Waals surface area contributed by atoms with Crippen LogP contribution in [-0.2, 0) is 18.7 Å². The minimum atomic E-state index is -5.52. The molecule has 348 valence electrons. The van der Waals surface area contributed by atoms with Crippen LogP contribution in [0.2, 0.25) is 0 Å². The van der Waals surface area contributed by atoms with Crippen LogP contribution in [0.25, 0.3) is 33.4 Å². The topological polar surface area (TPSA) is 268 Å². The fourth-order valence-electron chi connectivity index (χ4n) is 6.79. The van der Waals surface area contributed by atoms with Crippen molar-refractivity contribution in [3.8, 4) is 28.2 Å². The van der Waals surface area contributed by atoms with Crippen LogP contribution in [0.5, 0.6) is 5.75 Å². The van der Waals surface area contributed by atoms with E-state index in [-0.39, 0.29) is 23.8 Å². The number of carbonyl (C=O) groups is 2. The average Bonchev–Trinajstić information content (AvgIpc) is 3.27. The highest BCUT2D eigenvalue weighted by molar-refractivity contribution is 7.80. The first-order chi connectivity index (χ1) is 30.9. The number of nitrogens with zero attached hydrogens (tertiary/aromatic N) is 4. The smallest absolute Gasteiger partial charge is 0.369 e. The van der Waals surface area contributed by atoms with Gasteiger partial charge in [-0.2, -0.15) is 5.10 Å². The molecule has 1 amide bonds. The highest BCUT2D eigenvalue weighted by Gasteiger charge is 2.58. The Morgan fingerprint density at radius 2 is 1.63 bits per heavy atom. The van der Waals surface area contributed by atoms with Crippen LogP contribution < -0.4 is 31.3 Å². The van der Waals surface area contributed by atoms with Crippen LogP contribution in [0.3, 0.4) is 0 Å². The molecule has 3 aromatic carbocycles. The minimum absolute atomic E-state index is 0.0601. The number of carbonyl (C=O) groups excluding carboxylic acids is 2. The van der Waals surface area contributed by atoms with Gasteiger partial charge in [-0.25, -0.2) is 4.79 Å². The minimum Gasteiger partial charge on any atom is -0.494 e. The second-order valence-corrected chi connectivity index (χ2v) is 19.1. The number of hydrazone groups is 1. The van der Waals surface area contributed by atoms with Crippen molar-refractivity contribution in [2.24, 2.45) is 10.1 Å². The summed E-state index contributed by atoms with van der Waals surface area (Å²) in [6.07, 6.45) is 1.05. The van der Waals surface area contributed by atoms with E-state index in [1.165, 1.54) is 6.21 Å². The molecule has 0 fully saturated rings. The molecule has 0 atom stereocenters. The summed E-state index contributed by atoms with van der Waals surface area (Å²) >= 11 is 5.21. The van der Waals surface area contributed by atoms with Gasteiger partial charge in [-0.3, -0.25) is 35.2 Å². The molecule has 2 aliphatic rings. The third-order valence-electron chi connectivity index (χ3n) is 10.2. The van der Waals surface area contributed by atoms with Gasteiger partial charge in [0.05, 0.1) is 23.7 Å². The maximum Gasteiger partial charge on any atom is 0.369 e. The number of amides is 1. The molecule has 0 saturated heterocycles. The van der Waals surface area contributed by atoms with Gasteiger partial charge < -0.3 is 48.4 Å². The molecule has 1 aliphatic carbocycles. The summed E-state index contributed by atoms with van der Waals surface area (Å²) < 4.78 is 40.9. The highest BCUT2D eigenvalue weighted by atomic mass is 32.1. The number of hydrogen-bond acceptors (Lipinski definition) is 13. The van der Waals surface area contributed by atoms with Crippen molar-refractivity contribution in [1.29, 1.82) is 0 Å². The number of esters is 1. The largest absolute Gasteiger partial charge is 0.494 e. The predicted molar refractivity (Wildman–Crippen MR) is 251 cm³/mol. The van der Waals surface area contributed by atoms with Gasteiger partial charge in [-0.1, -0.05) is 30.3 Å². The molecular weight excluding hydrogens is 901 g/mol. The van der Waals surface area contributed by atoms with Gasteiger partial charge in [0.25, 0.3) is 11.0 Å². The van der Waals surface area contributed by atoms with E-state index in [1.54, 1.807) is 48.3 Å². The van der Waals surface area contributed by atoms with Crippen LogP contribution >= 0.6 is 27.4 Å². The van der Waals surface area contributed by atoms with Crippen molar-refractivity contribution in [1.82, 2.24) is 21.2 Å². The lowest BCUT2D eigenvalue weighted by molar-refractivity contribution is -0.124. The molecule has 0 radical (unpaired) electrons. The number of ether oxygens (including phenoxy) is 2. The highest BCUT2D eigenvalue weighted by Crippen LogP contribution is 2.68. The Morgan fingerprint density at radius 3 is 2.34 bits per heavy atom. The second kappa shape index (κ2) is 22.6. The number of anilines is 1. The maximum atomic E-state index is 13.6. The fraction of sp³-hybridized carbons (Fsp3) is 0.326. The third-order valence-corrected chi connectivity index (χ3v) is 14.2. The Bertz CT molecular complexity index is 2630. The first kappa shape index (κ1) is 50.5. The van der Waals surface area contributed by atoms with Gasteiger partial charge in [0.2, 0.25) is 5.11 Å². The van der Waals surface area contributed by atoms with Crippen molar-refractivity contribution in [3.05, 3.63) is 101 Å². The molecule has 0 saturated carbocycles. The Kier molecular flexibility index (Phi) is 17.5. The van der Waals surface area contributed by atoms with E-state index >= 15 is 0 Å². The van der Waals surface area contributed by atoms with Gasteiger partial charge in [-0.15, -0.1) is 0 Å². The standard InChI is InChI=1S/C43H53N7O12P2S/c1-5-44-30-16-18-35-37(25-30)62-38-26-31(50(6-2)7-3)17-19-36(38)40(35)33-14-8-9-15-34(33)41(52)61-28-39(51)46-48-42(65)47-45-27-29-12-10-13-32(24-29)60-23-11-21-49(4)22-20-43(53,63(54,55)56)64(57,58)59/h8-10,12-19,24-27,53H,5-7,11,20-23,28H2,1-4H3,(H,46,51)(H2,47,48,65)(H2,54,55,56)(H2,57,58,59)/b44-30+,45-27+. The summed E-state index contributed by atoms with van der Waals surface area (Å²) in [7, 11) is -9.48. The Balaban J connectivity index is 1.13. The van der Waals surface area contributed by atoms with Crippen LogP contribution in [0.15, 0.2) is 99.4 Å². The number of nitrogens with one attached hydrogen (secondary N) is 3. The second-order valence-electron chi connectivity index (χ2n) is 14.7. The third kappa shape index (κ3) is 13.1. The zero-order chi connectivity index (χ0) is 47.4. The molecule has 8 N–H and O–H groups in total. The number of rotatable bonds is 20. The van der Waals surface area contributed by atoms with Gasteiger partial charge in [0.1, 0.15) is 17.1 Å². The van der Waals surface area contributed by atoms with E-state index in [2.05, 4.69) is 45.1 Å². The lowest BCUT2D eigenvalue weighted by Crippen LogP contribution is -2.46. The van der Waals surface area contributed by atoms with Crippen LogP contribution in [0, 0.1) is 0 Å². The van der Waals surface area contributed by atoms with E-state index in [1.807, 2.05) is 55.5 Å². The zero-order valence-corrected chi connectivity index (χ0v) is 38.8. The Labute approximate surface area is 380 Å². The molecule has 0 aromatic heterocycles. The molecule has 0 spiro atoms. The van der Waals surface area contributed by atoms with Crippen molar-refractivity contribution >= 4 is 67.3 Å². The number of thiocarbonyl (C=S) groups is 1. The molecule has 0 unspecified atom stereocenters. The molecule has 3 aromatic rings. The summed E-state index contributed by atoms with van der Waals surface area (Å²) in [6.45, 7) is 8.11. The van der Waals surface area contributed by atoms with Crippen molar-refractivity contribution in [2.75, 3.05) is 57.9 Å². The fourth-order valence-corrected chi connectivity index (χ4v) is 9.03. The first-order valence-corrected chi connectivity index (χ1v) is 24.2.